The molecule has 2 aromatic heterocycles. The molecule has 2 aromatic carbocycles. The summed E-state index contributed by atoms with van der Waals surface area (Å²) in [6.45, 7) is 7.27. The average Bonchev–Trinajstić information content (AvgIpc) is 3.00. The molecule has 0 aliphatic rings. The van der Waals surface area contributed by atoms with Gasteiger partial charge in [0.1, 0.15) is 16.9 Å². The molecule has 31 heavy (non-hydrogen) atoms. The fourth-order valence-corrected chi connectivity index (χ4v) is 3.76. The highest BCUT2D eigenvalue weighted by molar-refractivity contribution is 5.97. The van der Waals surface area contributed by atoms with Crippen molar-refractivity contribution in [2.45, 2.75) is 40.5 Å². The Kier molecular flexibility index (Phi) is 5.23. The van der Waals surface area contributed by atoms with E-state index in [9.17, 15) is 14.4 Å². The number of anilines is 1. The predicted octanol–water partition coefficient (Wildman–Crippen LogP) is 5.24. The van der Waals surface area contributed by atoms with Crippen LogP contribution in [0.4, 0.5) is 5.69 Å². The van der Waals surface area contributed by atoms with Crippen LogP contribution in [0.1, 0.15) is 46.2 Å². The van der Waals surface area contributed by atoms with Crippen molar-refractivity contribution >= 4 is 39.3 Å². The van der Waals surface area contributed by atoms with Gasteiger partial charge in [-0.15, -0.1) is 0 Å². The van der Waals surface area contributed by atoms with Crippen molar-refractivity contribution in [2.75, 3.05) is 5.32 Å². The lowest BCUT2D eigenvalue weighted by atomic mass is 10.0. The van der Waals surface area contributed by atoms with Crippen LogP contribution in [0.2, 0.25) is 0 Å². The minimum atomic E-state index is -0.442. The van der Waals surface area contributed by atoms with Crippen molar-refractivity contribution < 1.29 is 18.4 Å². The molecule has 0 spiro atoms. The molecule has 6 nitrogen and oxygen atoms in total. The van der Waals surface area contributed by atoms with E-state index in [0.717, 1.165) is 27.7 Å². The van der Waals surface area contributed by atoms with E-state index in [1.807, 2.05) is 26.8 Å². The van der Waals surface area contributed by atoms with Crippen molar-refractivity contribution in [1.82, 2.24) is 0 Å². The van der Waals surface area contributed by atoms with Crippen molar-refractivity contribution in [3.63, 3.8) is 0 Å². The molecule has 4 aromatic rings. The van der Waals surface area contributed by atoms with E-state index in [1.54, 1.807) is 30.3 Å². The van der Waals surface area contributed by atoms with Crippen LogP contribution in [0.15, 0.2) is 50.0 Å². The monoisotopic (exact) mass is 417 g/mol. The molecular weight excluding hydrogens is 394 g/mol. The summed E-state index contributed by atoms with van der Waals surface area (Å²) in [7, 11) is 0. The van der Waals surface area contributed by atoms with Gasteiger partial charge in [0.2, 0.25) is 5.91 Å². The summed E-state index contributed by atoms with van der Waals surface area (Å²) in [6, 6.07) is 10.4. The van der Waals surface area contributed by atoms with Crippen LogP contribution < -0.4 is 10.9 Å². The first kappa shape index (κ1) is 20.6. The molecule has 4 rings (SSSR count). The number of amides is 1. The molecule has 0 aliphatic heterocycles. The number of furan rings is 1. The molecule has 0 unspecified atom stereocenters. The first-order chi connectivity index (χ1) is 14.7. The number of aryl methyl sites for hydroxylation is 3. The van der Waals surface area contributed by atoms with E-state index in [0.29, 0.717) is 28.0 Å². The van der Waals surface area contributed by atoms with Crippen molar-refractivity contribution in [3.05, 3.63) is 74.8 Å². The first-order valence-corrected chi connectivity index (χ1v) is 10.1. The number of hydrogen-bond acceptors (Lipinski definition) is 5. The van der Waals surface area contributed by atoms with Gasteiger partial charge >= 0.3 is 5.63 Å². The van der Waals surface area contributed by atoms with E-state index >= 15 is 0 Å². The Hall–Kier alpha value is -3.67. The molecule has 6 heteroatoms. The third-order valence-corrected chi connectivity index (χ3v) is 5.76. The largest absolute Gasteiger partial charge is 0.461 e. The van der Waals surface area contributed by atoms with E-state index in [4.69, 9.17) is 8.83 Å². The fourth-order valence-electron chi connectivity index (χ4n) is 3.76. The van der Waals surface area contributed by atoms with Gasteiger partial charge in [-0.2, -0.15) is 0 Å². The highest BCUT2D eigenvalue weighted by Gasteiger charge is 2.16. The van der Waals surface area contributed by atoms with Gasteiger partial charge in [-0.25, -0.2) is 4.79 Å². The summed E-state index contributed by atoms with van der Waals surface area (Å²) in [6.07, 6.45) is 0.403. The number of fused-ring (bicyclic) bond motifs is 2. The predicted molar refractivity (Wildman–Crippen MR) is 120 cm³/mol. The van der Waals surface area contributed by atoms with Gasteiger partial charge < -0.3 is 14.2 Å². The smallest absolute Gasteiger partial charge is 0.339 e. The van der Waals surface area contributed by atoms with Gasteiger partial charge in [0.15, 0.2) is 5.78 Å². The quantitative estimate of drug-likeness (QED) is 0.354. The normalized spacial score (nSPS) is 11.2. The molecule has 0 saturated carbocycles. The third kappa shape index (κ3) is 3.89. The standard InChI is InChI=1S/C25H23NO5/c1-13-16(4)30-22-12-23-21(11-20(13)22)14(2)19(25(29)31-23)9-10-24(28)26-18-7-5-17(6-8-18)15(3)27/h5-8,11-12H,9-10H2,1-4H3,(H,26,28). The molecule has 0 radical (unpaired) electrons. The molecule has 0 fully saturated rings. The Balaban J connectivity index is 1.56. The first-order valence-electron chi connectivity index (χ1n) is 10.1. The number of hydrogen-bond donors (Lipinski definition) is 1. The Labute approximate surface area is 178 Å². The van der Waals surface area contributed by atoms with E-state index in [2.05, 4.69) is 5.32 Å². The average molecular weight is 417 g/mol. The number of Topliss-reactive ketones (excluding diaryl/α,β-unsaturated/α-hetero) is 1. The van der Waals surface area contributed by atoms with E-state index in [1.165, 1.54) is 6.92 Å². The van der Waals surface area contributed by atoms with E-state index < -0.39 is 5.63 Å². The molecule has 158 valence electrons. The van der Waals surface area contributed by atoms with Gasteiger partial charge in [-0.1, -0.05) is 0 Å². The zero-order valence-corrected chi connectivity index (χ0v) is 17.9. The number of carbonyl (C=O) groups excluding carboxylic acids is 2. The highest BCUT2D eigenvalue weighted by Crippen LogP contribution is 2.31. The maximum absolute atomic E-state index is 12.6. The zero-order chi connectivity index (χ0) is 22.3. The maximum Gasteiger partial charge on any atom is 0.339 e. The van der Waals surface area contributed by atoms with Gasteiger partial charge in [-0.05, 0) is 75.6 Å². The molecule has 1 N–H and O–H groups in total. The molecular formula is C25H23NO5. The Bertz CT molecular complexity index is 1390. The van der Waals surface area contributed by atoms with Crippen LogP contribution in [-0.4, -0.2) is 11.7 Å². The fraction of sp³-hybridized carbons (Fsp3) is 0.240. The van der Waals surface area contributed by atoms with Gasteiger partial charge in [-0.3, -0.25) is 9.59 Å². The topological polar surface area (TPSA) is 89.5 Å². The lowest BCUT2D eigenvalue weighted by Crippen LogP contribution is -2.16. The van der Waals surface area contributed by atoms with Crippen LogP contribution in [-0.2, 0) is 11.2 Å². The summed E-state index contributed by atoms with van der Waals surface area (Å²) in [5, 5.41) is 4.62. The number of rotatable bonds is 5. The summed E-state index contributed by atoms with van der Waals surface area (Å²) < 4.78 is 11.3. The zero-order valence-electron chi connectivity index (χ0n) is 17.9. The van der Waals surface area contributed by atoms with E-state index in [-0.39, 0.29) is 24.5 Å². The molecule has 0 aliphatic carbocycles. The minimum absolute atomic E-state index is 0.0329. The number of ketones is 1. The Morgan fingerprint density at radius 2 is 1.55 bits per heavy atom. The second-order valence-electron chi connectivity index (χ2n) is 7.80. The van der Waals surface area contributed by atoms with Crippen LogP contribution in [0.5, 0.6) is 0 Å². The molecule has 0 bridgehead atoms. The Morgan fingerprint density at radius 1 is 0.903 bits per heavy atom. The second kappa shape index (κ2) is 7.87. The van der Waals surface area contributed by atoms with Crippen molar-refractivity contribution in [3.8, 4) is 0 Å². The summed E-state index contributed by atoms with van der Waals surface area (Å²) >= 11 is 0. The van der Waals surface area contributed by atoms with Crippen LogP contribution in [0.3, 0.4) is 0 Å². The van der Waals surface area contributed by atoms with Crippen LogP contribution >= 0.6 is 0 Å². The number of benzene rings is 2. The third-order valence-electron chi connectivity index (χ3n) is 5.76. The molecule has 2 heterocycles. The van der Waals surface area contributed by atoms with Crippen molar-refractivity contribution in [1.29, 1.82) is 0 Å². The highest BCUT2D eigenvalue weighted by atomic mass is 16.4. The van der Waals surface area contributed by atoms with Crippen LogP contribution in [0, 0.1) is 20.8 Å². The van der Waals surface area contributed by atoms with Gasteiger partial charge in [0, 0.05) is 40.1 Å². The molecule has 1 amide bonds. The minimum Gasteiger partial charge on any atom is -0.461 e. The van der Waals surface area contributed by atoms with Gasteiger partial charge in [0.05, 0.1) is 0 Å². The van der Waals surface area contributed by atoms with Gasteiger partial charge in [0.25, 0.3) is 0 Å². The second-order valence-corrected chi connectivity index (χ2v) is 7.80. The SMILES string of the molecule is CC(=O)c1ccc(NC(=O)CCc2c(C)c3cc4c(C)c(C)oc4cc3oc2=O)cc1. The number of nitrogens with one attached hydrogen (secondary N) is 1. The van der Waals surface area contributed by atoms with Crippen molar-refractivity contribution in [2.24, 2.45) is 0 Å². The lowest BCUT2D eigenvalue weighted by molar-refractivity contribution is -0.116. The Morgan fingerprint density at radius 3 is 2.23 bits per heavy atom. The lowest BCUT2D eigenvalue weighted by Gasteiger charge is -2.09. The summed E-state index contributed by atoms with van der Waals surface area (Å²) in [5.41, 5.74) is 4.26. The van der Waals surface area contributed by atoms with Crippen LogP contribution in [0.25, 0.3) is 21.9 Å². The maximum atomic E-state index is 12.6. The summed E-state index contributed by atoms with van der Waals surface area (Å²) in [5.74, 6) is 0.583. The molecule has 0 atom stereocenters. The summed E-state index contributed by atoms with van der Waals surface area (Å²) in [4.78, 5) is 36.3. The number of carbonyl (C=O) groups is 2. The molecule has 0 saturated heterocycles.